The fourth-order valence-corrected chi connectivity index (χ4v) is 4.64. The van der Waals surface area contributed by atoms with Crippen LogP contribution < -0.4 is 9.64 Å². The van der Waals surface area contributed by atoms with Gasteiger partial charge in [0.05, 0.1) is 30.2 Å². The monoisotopic (exact) mass is 457 g/mol. The van der Waals surface area contributed by atoms with E-state index in [2.05, 4.69) is 0 Å². The highest BCUT2D eigenvalue weighted by Gasteiger charge is 2.72. The number of amides is 2. The SMILES string of the molecule is CCOc1ccc(C(C)=O)cc1N1C(=O)[C@@H]2[C@@H]3C=C[C@@](C(OC(C)=O)OC(C)=O)(O3)[C@@H]2C1=O. The molecule has 0 spiro atoms. The second-order valence-electron chi connectivity index (χ2n) is 8.03. The number of Topliss-reactive ketones (excluding diaryl/α,β-unsaturated/α-hetero) is 1. The van der Waals surface area contributed by atoms with Crippen molar-refractivity contribution in [1.29, 1.82) is 0 Å². The lowest BCUT2D eigenvalue weighted by molar-refractivity contribution is -0.226. The molecule has 174 valence electrons. The number of esters is 2. The predicted octanol–water partition coefficient (Wildman–Crippen LogP) is 1.55. The Kier molecular flexibility index (Phi) is 5.57. The van der Waals surface area contributed by atoms with E-state index in [0.717, 1.165) is 18.7 Å². The average molecular weight is 457 g/mol. The highest BCUT2D eigenvalue weighted by Crippen LogP contribution is 2.55. The first-order valence-electron chi connectivity index (χ1n) is 10.5. The van der Waals surface area contributed by atoms with Crippen molar-refractivity contribution in [2.75, 3.05) is 11.5 Å². The molecule has 33 heavy (non-hydrogen) atoms. The standard InChI is InChI=1S/C23H23NO9/c1-5-30-16-7-6-14(11(2)25)10-15(16)24-20(28)18-17-8-9-23(33-17,19(18)21(24)29)22(31-12(3)26)32-13(4)27/h6-10,17-19,22H,5H2,1-4H3/t17-,18+,19-,23+/m0/s1. The van der Waals surface area contributed by atoms with Crippen molar-refractivity contribution in [1.82, 2.24) is 0 Å². The number of fused-ring (bicyclic) bond motifs is 5. The first kappa shape index (κ1) is 22.7. The second-order valence-corrected chi connectivity index (χ2v) is 8.03. The van der Waals surface area contributed by atoms with Crippen LogP contribution in [0.25, 0.3) is 0 Å². The number of ether oxygens (including phenoxy) is 4. The van der Waals surface area contributed by atoms with E-state index < -0.39 is 53.6 Å². The van der Waals surface area contributed by atoms with Gasteiger partial charge < -0.3 is 18.9 Å². The first-order valence-corrected chi connectivity index (χ1v) is 10.5. The van der Waals surface area contributed by atoms with Crippen LogP contribution in [0.5, 0.6) is 5.75 Å². The summed E-state index contributed by atoms with van der Waals surface area (Å²) in [6, 6.07) is 4.52. The molecule has 0 N–H and O–H groups in total. The summed E-state index contributed by atoms with van der Waals surface area (Å²) in [6.07, 6.45) is 0.747. The van der Waals surface area contributed by atoms with Crippen molar-refractivity contribution in [3.05, 3.63) is 35.9 Å². The fourth-order valence-electron chi connectivity index (χ4n) is 4.64. The molecule has 2 fully saturated rings. The Morgan fingerprint density at radius 3 is 2.33 bits per heavy atom. The molecule has 2 bridgehead atoms. The van der Waals surface area contributed by atoms with Gasteiger partial charge in [-0.3, -0.25) is 24.0 Å². The van der Waals surface area contributed by atoms with Crippen LogP contribution in [0.3, 0.4) is 0 Å². The van der Waals surface area contributed by atoms with Gasteiger partial charge in [0.15, 0.2) is 11.4 Å². The second kappa shape index (κ2) is 8.11. The number of rotatable bonds is 7. The highest BCUT2D eigenvalue weighted by atomic mass is 16.7. The van der Waals surface area contributed by atoms with E-state index in [1.807, 2.05) is 0 Å². The van der Waals surface area contributed by atoms with Gasteiger partial charge in [-0.25, -0.2) is 4.90 Å². The molecule has 0 radical (unpaired) electrons. The van der Waals surface area contributed by atoms with E-state index >= 15 is 0 Å². The summed E-state index contributed by atoms with van der Waals surface area (Å²) in [5.74, 6) is -4.71. The number of carbonyl (C=O) groups is 5. The van der Waals surface area contributed by atoms with E-state index in [0.29, 0.717) is 5.56 Å². The van der Waals surface area contributed by atoms with Crippen molar-refractivity contribution >= 4 is 35.2 Å². The molecule has 10 heteroatoms. The Morgan fingerprint density at radius 1 is 1.09 bits per heavy atom. The number of benzene rings is 1. The zero-order valence-electron chi connectivity index (χ0n) is 18.5. The van der Waals surface area contributed by atoms with Crippen LogP contribution in [0.4, 0.5) is 5.69 Å². The van der Waals surface area contributed by atoms with Crippen LogP contribution >= 0.6 is 0 Å². The number of anilines is 1. The number of hydrogen-bond acceptors (Lipinski definition) is 9. The normalized spacial score (nSPS) is 27.2. The molecule has 1 aromatic rings. The first-order chi connectivity index (χ1) is 15.6. The number of carbonyl (C=O) groups excluding carboxylic acids is 5. The molecule has 4 atom stereocenters. The molecular formula is C23H23NO9. The lowest BCUT2D eigenvalue weighted by Crippen LogP contribution is -2.52. The smallest absolute Gasteiger partial charge is 0.305 e. The van der Waals surface area contributed by atoms with Gasteiger partial charge in [0, 0.05) is 19.4 Å². The molecule has 0 aromatic heterocycles. The molecule has 0 unspecified atom stereocenters. The van der Waals surface area contributed by atoms with Gasteiger partial charge in [-0.05, 0) is 38.1 Å². The van der Waals surface area contributed by atoms with E-state index in [1.54, 1.807) is 19.1 Å². The molecule has 4 rings (SSSR count). The summed E-state index contributed by atoms with van der Waals surface area (Å²) in [7, 11) is 0. The minimum Gasteiger partial charge on any atom is -0.492 e. The Balaban J connectivity index is 1.79. The Bertz CT molecular complexity index is 1080. The largest absolute Gasteiger partial charge is 0.492 e. The molecule has 2 amide bonds. The maximum absolute atomic E-state index is 13.7. The third-order valence-electron chi connectivity index (χ3n) is 5.90. The maximum Gasteiger partial charge on any atom is 0.305 e. The Morgan fingerprint density at radius 2 is 1.76 bits per heavy atom. The van der Waals surface area contributed by atoms with Gasteiger partial charge in [-0.15, -0.1) is 0 Å². The minimum atomic E-state index is -1.65. The van der Waals surface area contributed by atoms with Crippen LogP contribution in [0.2, 0.25) is 0 Å². The quantitative estimate of drug-likeness (QED) is 0.197. The third kappa shape index (κ3) is 3.50. The molecule has 0 aliphatic carbocycles. The Labute approximate surface area is 189 Å². The van der Waals surface area contributed by atoms with Gasteiger partial charge in [0.2, 0.25) is 11.8 Å². The van der Waals surface area contributed by atoms with Gasteiger partial charge in [0.1, 0.15) is 5.75 Å². The minimum absolute atomic E-state index is 0.139. The third-order valence-corrected chi connectivity index (χ3v) is 5.90. The van der Waals surface area contributed by atoms with E-state index in [4.69, 9.17) is 18.9 Å². The summed E-state index contributed by atoms with van der Waals surface area (Å²) >= 11 is 0. The molecule has 1 aromatic carbocycles. The lowest BCUT2D eigenvalue weighted by atomic mass is 9.76. The van der Waals surface area contributed by atoms with Crippen LogP contribution in [0, 0.1) is 11.8 Å². The molecule has 3 aliphatic rings. The average Bonchev–Trinajstić information content (AvgIpc) is 3.38. The lowest BCUT2D eigenvalue weighted by Gasteiger charge is -2.34. The predicted molar refractivity (Wildman–Crippen MR) is 111 cm³/mol. The van der Waals surface area contributed by atoms with Gasteiger partial charge in [-0.1, -0.05) is 6.08 Å². The van der Waals surface area contributed by atoms with E-state index in [1.165, 1.54) is 25.1 Å². The van der Waals surface area contributed by atoms with E-state index in [-0.39, 0.29) is 23.8 Å². The number of imide groups is 1. The van der Waals surface area contributed by atoms with E-state index in [9.17, 15) is 24.0 Å². The topological polar surface area (TPSA) is 126 Å². The molecule has 10 nitrogen and oxygen atoms in total. The molecule has 3 heterocycles. The molecule has 2 saturated heterocycles. The zero-order chi connectivity index (χ0) is 24.1. The fraction of sp³-hybridized carbons (Fsp3) is 0.435. The van der Waals surface area contributed by atoms with Gasteiger partial charge in [0.25, 0.3) is 6.29 Å². The highest BCUT2D eigenvalue weighted by molar-refractivity contribution is 6.24. The van der Waals surface area contributed by atoms with Crippen LogP contribution in [-0.2, 0) is 33.4 Å². The van der Waals surface area contributed by atoms with Crippen LogP contribution in [0.1, 0.15) is 38.1 Å². The van der Waals surface area contributed by atoms with Gasteiger partial charge in [-0.2, -0.15) is 0 Å². The van der Waals surface area contributed by atoms with Crippen molar-refractivity contribution in [3.8, 4) is 5.75 Å². The number of hydrogen-bond donors (Lipinski definition) is 0. The summed E-state index contributed by atoms with van der Waals surface area (Å²) in [4.78, 5) is 63.5. The summed E-state index contributed by atoms with van der Waals surface area (Å²) in [5.41, 5.74) is -1.21. The van der Waals surface area contributed by atoms with Crippen molar-refractivity contribution in [2.24, 2.45) is 11.8 Å². The molecule has 0 saturated carbocycles. The maximum atomic E-state index is 13.7. The molecule has 3 aliphatic heterocycles. The summed E-state index contributed by atoms with van der Waals surface area (Å²) in [5, 5.41) is 0. The van der Waals surface area contributed by atoms with Crippen molar-refractivity contribution < 1.29 is 42.9 Å². The van der Waals surface area contributed by atoms with Gasteiger partial charge >= 0.3 is 11.9 Å². The Hall–Kier alpha value is -3.53. The summed E-state index contributed by atoms with van der Waals surface area (Å²) in [6.45, 7) is 5.66. The van der Waals surface area contributed by atoms with Crippen LogP contribution in [0.15, 0.2) is 30.4 Å². The number of ketones is 1. The van der Waals surface area contributed by atoms with Crippen molar-refractivity contribution in [2.45, 2.75) is 45.7 Å². The zero-order valence-corrected chi connectivity index (χ0v) is 18.5. The summed E-state index contributed by atoms with van der Waals surface area (Å²) < 4.78 is 21.9. The van der Waals surface area contributed by atoms with Crippen LogP contribution in [-0.4, -0.2) is 54.1 Å². The van der Waals surface area contributed by atoms with Crippen molar-refractivity contribution in [3.63, 3.8) is 0 Å². The molecular weight excluding hydrogens is 434 g/mol. The number of nitrogens with zero attached hydrogens (tertiary/aromatic N) is 1.